The molecule has 0 heterocycles. The van der Waals surface area contributed by atoms with Crippen molar-refractivity contribution in [1.29, 1.82) is 0 Å². The second-order valence-corrected chi connectivity index (χ2v) is 7.25. The third kappa shape index (κ3) is 18.6. The first-order valence-electron chi connectivity index (χ1n) is 10.7. The maximum atomic E-state index is 9.90. The summed E-state index contributed by atoms with van der Waals surface area (Å²) in [7, 11) is 0. The van der Waals surface area contributed by atoms with Gasteiger partial charge in [-0.25, -0.2) is 0 Å². The van der Waals surface area contributed by atoms with Crippen LogP contribution in [-0.2, 0) is 4.79 Å². The Bertz CT molecular complexity index is 288. The molecule has 4 atom stereocenters. The summed E-state index contributed by atoms with van der Waals surface area (Å²) in [5.74, 6) is 0. The molecule has 0 bridgehead atoms. The van der Waals surface area contributed by atoms with E-state index in [9.17, 15) is 4.79 Å². The van der Waals surface area contributed by atoms with E-state index in [0.29, 0.717) is 0 Å². The molecule has 0 aromatic rings. The van der Waals surface area contributed by atoms with Gasteiger partial charge in [-0.3, -0.25) is 0 Å². The molecular formula is C21H44O6. The lowest BCUT2D eigenvalue weighted by Gasteiger charge is -2.22. The zero-order valence-electron chi connectivity index (χ0n) is 17.4. The Morgan fingerprint density at radius 3 is 1.22 bits per heavy atom. The summed E-state index contributed by atoms with van der Waals surface area (Å²) in [5.41, 5.74) is 0. The predicted molar refractivity (Wildman–Crippen MR) is 109 cm³/mol. The molecule has 0 aliphatic carbocycles. The number of unbranched alkanes of at least 4 members (excludes halogenated alkanes) is 12. The van der Waals surface area contributed by atoms with Gasteiger partial charge < -0.3 is 30.3 Å². The quantitative estimate of drug-likeness (QED) is 0.192. The van der Waals surface area contributed by atoms with Crippen LogP contribution in [0.5, 0.6) is 0 Å². The fraction of sp³-hybridized carbons (Fsp3) is 0.952. The van der Waals surface area contributed by atoms with Crippen LogP contribution in [0.4, 0.5) is 0 Å². The highest BCUT2D eigenvalue weighted by Gasteiger charge is 2.29. The number of hydrogen-bond acceptors (Lipinski definition) is 6. The van der Waals surface area contributed by atoms with E-state index in [4.69, 9.17) is 25.5 Å². The standard InChI is InChI=1S/C15H32.C6H12O6/c1-3-5-7-9-11-13-15-14-12-10-8-6-4-2;7-1-3(9)5(11)6(12)4(10)2-8/h3-15H2,1-2H3;1,3-6,8-12H,2H2. The van der Waals surface area contributed by atoms with Crippen LogP contribution in [0.2, 0.25) is 0 Å². The number of aliphatic hydroxyl groups is 5. The lowest BCUT2D eigenvalue weighted by Crippen LogP contribution is -2.46. The van der Waals surface area contributed by atoms with Crippen molar-refractivity contribution in [2.24, 2.45) is 0 Å². The maximum Gasteiger partial charge on any atom is 0.151 e. The van der Waals surface area contributed by atoms with Gasteiger partial charge in [-0.05, 0) is 0 Å². The molecular weight excluding hydrogens is 348 g/mol. The molecule has 0 spiro atoms. The van der Waals surface area contributed by atoms with Crippen LogP contribution in [0.25, 0.3) is 0 Å². The Morgan fingerprint density at radius 2 is 0.963 bits per heavy atom. The highest BCUT2D eigenvalue weighted by atomic mass is 16.4. The van der Waals surface area contributed by atoms with Crippen molar-refractivity contribution in [3.63, 3.8) is 0 Å². The van der Waals surface area contributed by atoms with Crippen LogP contribution in [0.1, 0.15) is 97.3 Å². The number of carbonyl (C=O) groups excluding carboxylic acids is 1. The van der Waals surface area contributed by atoms with Gasteiger partial charge in [-0.1, -0.05) is 97.3 Å². The Hall–Kier alpha value is -0.530. The normalized spacial score (nSPS) is 15.4. The summed E-state index contributed by atoms with van der Waals surface area (Å²) in [6.45, 7) is 3.82. The van der Waals surface area contributed by atoms with E-state index < -0.39 is 31.0 Å². The molecule has 164 valence electrons. The molecule has 0 saturated carbocycles. The molecule has 0 aliphatic rings. The van der Waals surface area contributed by atoms with Gasteiger partial charge in [0.05, 0.1) is 6.61 Å². The Morgan fingerprint density at radius 1 is 0.630 bits per heavy atom. The smallest absolute Gasteiger partial charge is 0.151 e. The van der Waals surface area contributed by atoms with Crippen molar-refractivity contribution in [3.05, 3.63) is 0 Å². The Balaban J connectivity index is 0. The minimum Gasteiger partial charge on any atom is -0.394 e. The molecule has 0 aromatic carbocycles. The summed E-state index contributed by atoms with van der Waals surface area (Å²) in [6, 6.07) is 0. The predicted octanol–water partition coefficient (Wildman–Crippen LogP) is 2.72. The molecule has 0 saturated heterocycles. The van der Waals surface area contributed by atoms with Crippen molar-refractivity contribution in [2.45, 2.75) is 122 Å². The van der Waals surface area contributed by atoms with E-state index in [1.54, 1.807) is 0 Å². The van der Waals surface area contributed by atoms with Crippen LogP contribution in [0, 0.1) is 0 Å². The summed E-state index contributed by atoms with van der Waals surface area (Å²) in [4.78, 5) is 9.90. The molecule has 0 amide bonds. The molecule has 27 heavy (non-hydrogen) atoms. The van der Waals surface area contributed by atoms with Crippen LogP contribution in [0.3, 0.4) is 0 Å². The van der Waals surface area contributed by atoms with Gasteiger partial charge in [0.2, 0.25) is 0 Å². The molecule has 5 N–H and O–H groups in total. The molecule has 6 nitrogen and oxygen atoms in total. The number of carbonyl (C=O) groups is 1. The molecule has 0 fully saturated rings. The number of aldehydes is 1. The summed E-state index contributed by atoms with van der Waals surface area (Å²) in [5, 5.41) is 43.5. The number of aliphatic hydroxyl groups excluding tert-OH is 5. The van der Waals surface area contributed by atoms with Gasteiger partial charge in [0.1, 0.15) is 24.4 Å². The van der Waals surface area contributed by atoms with E-state index in [-0.39, 0.29) is 6.29 Å². The molecule has 4 unspecified atom stereocenters. The SMILES string of the molecule is CCCCCCCCCCCCCCC.O=CC(O)C(O)C(O)C(O)CO. The van der Waals surface area contributed by atoms with Gasteiger partial charge in [0, 0.05) is 0 Å². The zero-order valence-corrected chi connectivity index (χ0v) is 17.4. The third-order valence-electron chi connectivity index (χ3n) is 4.63. The lowest BCUT2D eigenvalue weighted by molar-refractivity contribution is -0.136. The minimum atomic E-state index is -1.79. The first-order valence-corrected chi connectivity index (χ1v) is 10.7. The van der Waals surface area contributed by atoms with Crippen LogP contribution < -0.4 is 0 Å². The lowest BCUT2D eigenvalue weighted by atomic mass is 10.0. The second-order valence-electron chi connectivity index (χ2n) is 7.25. The molecule has 0 aromatic heterocycles. The molecule has 0 radical (unpaired) electrons. The summed E-state index contributed by atoms with van der Waals surface area (Å²) in [6.07, 6.45) is 12.1. The average Bonchev–Trinajstić information content (AvgIpc) is 2.70. The van der Waals surface area contributed by atoms with Gasteiger partial charge in [-0.15, -0.1) is 0 Å². The van der Waals surface area contributed by atoms with Gasteiger partial charge in [0.15, 0.2) is 6.29 Å². The first-order chi connectivity index (χ1) is 13.0. The largest absolute Gasteiger partial charge is 0.394 e. The molecule has 0 aliphatic heterocycles. The van der Waals surface area contributed by atoms with Crippen LogP contribution >= 0.6 is 0 Å². The highest BCUT2D eigenvalue weighted by molar-refractivity contribution is 5.56. The van der Waals surface area contributed by atoms with Crippen molar-refractivity contribution in [2.75, 3.05) is 6.61 Å². The van der Waals surface area contributed by atoms with Crippen LogP contribution in [0.15, 0.2) is 0 Å². The molecule has 6 heteroatoms. The molecule has 0 rings (SSSR count). The van der Waals surface area contributed by atoms with E-state index in [1.807, 2.05) is 0 Å². The fourth-order valence-electron chi connectivity index (χ4n) is 2.71. The second kappa shape index (κ2) is 21.8. The minimum absolute atomic E-state index is 0.0258. The van der Waals surface area contributed by atoms with Gasteiger partial charge in [0.25, 0.3) is 0 Å². The Labute approximate surface area is 165 Å². The summed E-state index contributed by atoms with van der Waals surface area (Å²) < 4.78 is 0. The topological polar surface area (TPSA) is 118 Å². The van der Waals surface area contributed by atoms with Crippen molar-refractivity contribution in [3.8, 4) is 0 Å². The Kier molecular flexibility index (Phi) is 23.1. The third-order valence-corrected chi connectivity index (χ3v) is 4.63. The van der Waals surface area contributed by atoms with Gasteiger partial charge in [-0.2, -0.15) is 0 Å². The summed E-state index contributed by atoms with van der Waals surface area (Å²) >= 11 is 0. The number of hydrogen-bond donors (Lipinski definition) is 5. The first kappa shape index (κ1) is 28.7. The van der Waals surface area contributed by atoms with E-state index in [2.05, 4.69) is 13.8 Å². The highest BCUT2D eigenvalue weighted by Crippen LogP contribution is 2.12. The average molecular weight is 393 g/mol. The van der Waals surface area contributed by atoms with E-state index >= 15 is 0 Å². The zero-order chi connectivity index (χ0) is 20.9. The number of rotatable bonds is 17. The fourth-order valence-corrected chi connectivity index (χ4v) is 2.71. The van der Waals surface area contributed by atoms with E-state index in [0.717, 1.165) is 0 Å². The maximum absolute atomic E-state index is 9.90. The van der Waals surface area contributed by atoms with Crippen molar-refractivity contribution < 1.29 is 30.3 Å². The van der Waals surface area contributed by atoms with Crippen LogP contribution in [-0.4, -0.2) is 62.8 Å². The van der Waals surface area contributed by atoms with Crippen molar-refractivity contribution >= 4 is 6.29 Å². The monoisotopic (exact) mass is 392 g/mol. The van der Waals surface area contributed by atoms with E-state index in [1.165, 1.54) is 83.5 Å². The van der Waals surface area contributed by atoms with Crippen molar-refractivity contribution in [1.82, 2.24) is 0 Å². The van der Waals surface area contributed by atoms with Gasteiger partial charge >= 0.3 is 0 Å².